The van der Waals surface area contributed by atoms with Crippen molar-refractivity contribution in [2.24, 2.45) is 0 Å². The van der Waals surface area contributed by atoms with E-state index < -0.39 is 5.69 Å². The van der Waals surface area contributed by atoms with Crippen LogP contribution in [0.3, 0.4) is 0 Å². The smallest absolute Gasteiger partial charge is 0.320 e. The monoisotopic (exact) mass is 448 g/mol. The Labute approximate surface area is 190 Å². The molecule has 2 heterocycles. The highest BCUT2D eigenvalue weighted by Gasteiger charge is 2.31. The molecule has 0 amide bonds. The second kappa shape index (κ2) is 7.48. The zero-order valence-corrected chi connectivity index (χ0v) is 19.1. The predicted octanol–water partition coefficient (Wildman–Crippen LogP) is 4.68. The summed E-state index contributed by atoms with van der Waals surface area (Å²) in [6, 6.07) is 15.5. The molecule has 0 spiro atoms. The molecule has 5 rings (SSSR count). The molecule has 1 fully saturated rings. The van der Waals surface area contributed by atoms with E-state index in [0.29, 0.717) is 28.4 Å². The van der Waals surface area contributed by atoms with Gasteiger partial charge in [0.15, 0.2) is 11.2 Å². The van der Waals surface area contributed by atoms with Gasteiger partial charge in [0.05, 0.1) is 17.0 Å². The Morgan fingerprint density at radius 3 is 2.34 bits per heavy atom. The first kappa shape index (κ1) is 20.8. The number of fused-ring (bicyclic) bond motifs is 1. The summed E-state index contributed by atoms with van der Waals surface area (Å²) in [7, 11) is 0. The van der Waals surface area contributed by atoms with E-state index in [2.05, 4.69) is 50.0 Å². The molecule has 32 heavy (non-hydrogen) atoms. The molecule has 1 aliphatic rings. The maximum absolute atomic E-state index is 13.4. The Morgan fingerprint density at radius 1 is 1.03 bits per heavy atom. The lowest BCUT2D eigenvalue weighted by Gasteiger charge is -2.19. The van der Waals surface area contributed by atoms with Crippen molar-refractivity contribution in [2.45, 2.75) is 51.6 Å². The number of benzene rings is 2. The number of hydrogen-bond donors (Lipinski definition) is 0. The Balaban J connectivity index is 1.69. The standard InChI is InChI=1S/C25H25ClN4O2/c1-25(2,3)17-10-8-16(9-11-17)14-28-15-27-22-21(28)23(31)29(18-12-13-18)24(32)30(22)20-7-5-4-6-19(20)26/h4-11,15,18H,12-14H2,1-3H3. The Morgan fingerprint density at radius 2 is 1.72 bits per heavy atom. The number of rotatable bonds is 4. The number of para-hydroxylation sites is 1. The Hall–Kier alpha value is -3.12. The van der Waals surface area contributed by atoms with E-state index in [0.717, 1.165) is 18.4 Å². The SMILES string of the molecule is CC(C)(C)c1ccc(Cn2cnc3c2c(=O)n(C2CC2)c(=O)n3-c2ccccc2Cl)cc1. The van der Waals surface area contributed by atoms with Gasteiger partial charge in [-0.15, -0.1) is 0 Å². The average Bonchev–Trinajstić information content (AvgIpc) is 3.49. The summed E-state index contributed by atoms with van der Waals surface area (Å²) in [5.74, 6) is 0. The second-order valence-electron chi connectivity index (χ2n) is 9.47. The van der Waals surface area contributed by atoms with Crippen molar-refractivity contribution in [2.75, 3.05) is 0 Å². The lowest BCUT2D eigenvalue weighted by atomic mass is 9.87. The first-order valence-electron chi connectivity index (χ1n) is 10.8. The number of nitrogens with zero attached hydrogens (tertiary/aromatic N) is 4. The zero-order valence-electron chi connectivity index (χ0n) is 18.4. The molecule has 4 aromatic rings. The van der Waals surface area contributed by atoms with Crippen LogP contribution in [0.15, 0.2) is 64.4 Å². The van der Waals surface area contributed by atoms with Gasteiger partial charge in [0.1, 0.15) is 0 Å². The van der Waals surface area contributed by atoms with Crippen molar-refractivity contribution in [3.63, 3.8) is 0 Å². The van der Waals surface area contributed by atoms with Gasteiger partial charge in [0.2, 0.25) is 0 Å². The summed E-state index contributed by atoms with van der Waals surface area (Å²) in [5, 5.41) is 0.434. The molecule has 1 aliphatic carbocycles. The molecule has 0 aliphatic heterocycles. The minimum Gasteiger partial charge on any atom is -0.320 e. The molecular weight excluding hydrogens is 424 g/mol. The van der Waals surface area contributed by atoms with Gasteiger partial charge in [-0.2, -0.15) is 0 Å². The first-order valence-corrected chi connectivity index (χ1v) is 11.2. The Kier molecular flexibility index (Phi) is 4.86. The quantitative estimate of drug-likeness (QED) is 0.455. The average molecular weight is 449 g/mol. The van der Waals surface area contributed by atoms with Crippen molar-refractivity contribution in [1.29, 1.82) is 0 Å². The fourth-order valence-corrected chi connectivity index (χ4v) is 4.31. The van der Waals surface area contributed by atoms with Crippen LogP contribution in [0.25, 0.3) is 16.9 Å². The van der Waals surface area contributed by atoms with Gasteiger partial charge in [-0.1, -0.05) is 68.8 Å². The van der Waals surface area contributed by atoms with Crippen molar-refractivity contribution in [3.05, 3.63) is 91.8 Å². The van der Waals surface area contributed by atoms with Crippen LogP contribution in [-0.2, 0) is 12.0 Å². The van der Waals surface area contributed by atoms with Crippen molar-refractivity contribution < 1.29 is 0 Å². The maximum atomic E-state index is 13.4. The first-order chi connectivity index (χ1) is 15.3. The van der Waals surface area contributed by atoms with Gasteiger partial charge in [-0.25, -0.2) is 14.3 Å². The van der Waals surface area contributed by atoms with E-state index >= 15 is 0 Å². The van der Waals surface area contributed by atoms with Gasteiger partial charge in [0, 0.05) is 12.6 Å². The molecule has 164 valence electrons. The van der Waals surface area contributed by atoms with Crippen LogP contribution in [0.4, 0.5) is 0 Å². The molecule has 0 bridgehead atoms. The molecule has 0 unspecified atom stereocenters. The number of hydrogen-bond acceptors (Lipinski definition) is 3. The number of imidazole rings is 1. The third-order valence-corrected chi connectivity index (χ3v) is 6.35. The minimum absolute atomic E-state index is 0.0671. The van der Waals surface area contributed by atoms with Crippen LogP contribution in [0.2, 0.25) is 5.02 Å². The van der Waals surface area contributed by atoms with E-state index in [1.807, 2.05) is 16.7 Å². The lowest BCUT2D eigenvalue weighted by molar-refractivity contribution is 0.590. The molecular formula is C25H25ClN4O2. The predicted molar refractivity (Wildman–Crippen MR) is 127 cm³/mol. The minimum atomic E-state index is -0.391. The zero-order chi connectivity index (χ0) is 22.6. The van der Waals surface area contributed by atoms with Crippen molar-refractivity contribution >= 4 is 22.8 Å². The van der Waals surface area contributed by atoms with Crippen LogP contribution in [0, 0.1) is 0 Å². The molecule has 6 nitrogen and oxygen atoms in total. The molecule has 0 saturated heterocycles. The van der Waals surface area contributed by atoms with E-state index in [-0.39, 0.29) is 17.0 Å². The topological polar surface area (TPSA) is 61.8 Å². The molecule has 0 atom stereocenters. The summed E-state index contributed by atoms with van der Waals surface area (Å²) < 4.78 is 4.67. The van der Waals surface area contributed by atoms with E-state index in [1.165, 1.54) is 14.7 Å². The highest BCUT2D eigenvalue weighted by atomic mass is 35.5. The van der Waals surface area contributed by atoms with Gasteiger partial charge >= 0.3 is 5.69 Å². The van der Waals surface area contributed by atoms with E-state index in [1.54, 1.807) is 18.5 Å². The summed E-state index contributed by atoms with van der Waals surface area (Å²) in [5.41, 5.74) is 2.97. The van der Waals surface area contributed by atoms with E-state index in [4.69, 9.17) is 11.6 Å². The van der Waals surface area contributed by atoms with Crippen LogP contribution in [0.1, 0.15) is 50.8 Å². The lowest BCUT2D eigenvalue weighted by Crippen LogP contribution is -2.39. The third-order valence-electron chi connectivity index (χ3n) is 6.03. The van der Waals surface area contributed by atoms with Crippen LogP contribution >= 0.6 is 11.6 Å². The van der Waals surface area contributed by atoms with Crippen molar-refractivity contribution in [1.82, 2.24) is 18.7 Å². The number of halogens is 1. The molecule has 0 radical (unpaired) electrons. The van der Waals surface area contributed by atoms with Crippen LogP contribution in [0.5, 0.6) is 0 Å². The highest BCUT2D eigenvalue weighted by molar-refractivity contribution is 6.32. The molecule has 2 aromatic carbocycles. The molecule has 7 heteroatoms. The number of aromatic nitrogens is 4. The maximum Gasteiger partial charge on any atom is 0.337 e. The van der Waals surface area contributed by atoms with Gasteiger partial charge < -0.3 is 4.57 Å². The largest absolute Gasteiger partial charge is 0.337 e. The van der Waals surface area contributed by atoms with Gasteiger partial charge in [-0.3, -0.25) is 9.36 Å². The fraction of sp³-hybridized carbons (Fsp3) is 0.320. The van der Waals surface area contributed by atoms with Crippen LogP contribution < -0.4 is 11.2 Å². The molecule has 1 saturated carbocycles. The molecule has 0 N–H and O–H groups in total. The summed E-state index contributed by atoms with van der Waals surface area (Å²) in [6.07, 6.45) is 3.28. The summed E-state index contributed by atoms with van der Waals surface area (Å²) in [6.45, 7) is 7.03. The normalized spacial score (nSPS) is 14.2. The van der Waals surface area contributed by atoms with Crippen LogP contribution in [-0.4, -0.2) is 18.7 Å². The summed E-state index contributed by atoms with van der Waals surface area (Å²) >= 11 is 6.42. The Bertz CT molecular complexity index is 1430. The third kappa shape index (κ3) is 3.48. The highest BCUT2D eigenvalue weighted by Crippen LogP contribution is 2.33. The fourth-order valence-electron chi connectivity index (χ4n) is 4.08. The van der Waals surface area contributed by atoms with E-state index in [9.17, 15) is 9.59 Å². The van der Waals surface area contributed by atoms with Gasteiger partial charge in [0.25, 0.3) is 5.56 Å². The second-order valence-corrected chi connectivity index (χ2v) is 9.87. The summed E-state index contributed by atoms with van der Waals surface area (Å²) in [4.78, 5) is 31.3. The van der Waals surface area contributed by atoms with Gasteiger partial charge in [-0.05, 0) is 41.5 Å². The molecule has 2 aromatic heterocycles. The van der Waals surface area contributed by atoms with Crippen molar-refractivity contribution in [3.8, 4) is 5.69 Å².